The zero-order chi connectivity index (χ0) is 13.8. The van der Waals surface area contributed by atoms with Crippen molar-refractivity contribution in [1.29, 1.82) is 0 Å². The highest BCUT2D eigenvalue weighted by Crippen LogP contribution is 2.34. The van der Waals surface area contributed by atoms with E-state index in [9.17, 15) is 0 Å². The number of nitrogens with zero attached hydrogens (tertiary/aromatic N) is 1. The van der Waals surface area contributed by atoms with Gasteiger partial charge in [-0.15, -0.1) is 0 Å². The minimum Gasteiger partial charge on any atom is -0.493 e. The fourth-order valence-electron chi connectivity index (χ4n) is 1.59. The topological polar surface area (TPSA) is 51.6 Å². The van der Waals surface area contributed by atoms with Crippen molar-refractivity contribution in [3.63, 3.8) is 0 Å². The van der Waals surface area contributed by atoms with Gasteiger partial charge in [-0.05, 0) is 36.2 Å². The molecule has 0 unspecified atom stereocenters. The molecule has 2 aromatic rings. The number of aryl methyl sites for hydroxylation is 1. The number of aliphatic hydroxyl groups is 1. The molecular formula is C14H14ClNO3. The van der Waals surface area contributed by atoms with Gasteiger partial charge in [0.25, 0.3) is 0 Å². The molecule has 5 heteroatoms. The smallest absolute Gasteiger partial charge is 0.238 e. The molecule has 19 heavy (non-hydrogen) atoms. The standard InChI is InChI=1S/C14H14ClNO3/c1-9-3-4-12(13(5-9)18-2)19-14-11(15)6-10(8-17)7-16-14/h3-7,17H,8H2,1-2H3. The second-order valence-electron chi connectivity index (χ2n) is 4.05. The van der Waals surface area contributed by atoms with E-state index in [-0.39, 0.29) is 12.5 Å². The number of ether oxygens (including phenoxy) is 2. The van der Waals surface area contributed by atoms with Crippen LogP contribution >= 0.6 is 11.6 Å². The molecule has 0 fully saturated rings. The Kier molecular flexibility index (Phi) is 4.24. The van der Waals surface area contributed by atoms with Gasteiger partial charge >= 0.3 is 0 Å². The van der Waals surface area contributed by atoms with Crippen LogP contribution in [0.3, 0.4) is 0 Å². The molecule has 0 bridgehead atoms. The predicted octanol–water partition coefficient (Wildman–Crippen LogP) is 3.34. The maximum absolute atomic E-state index is 9.00. The average Bonchev–Trinajstić information content (AvgIpc) is 2.42. The zero-order valence-electron chi connectivity index (χ0n) is 10.7. The van der Waals surface area contributed by atoms with E-state index in [1.54, 1.807) is 19.2 Å². The Labute approximate surface area is 116 Å². The van der Waals surface area contributed by atoms with Crippen molar-refractivity contribution < 1.29 is 14.6 Å². The second kappa shape index (κ2) is 5.91. The average molecular weight is 280 g/mol. The summed E-state index contributed by atoms with van der Waals surface area (Å²) in [6.45, 7) is 1.86. The Balaban J connectivity index is 2.31. The molecule has 0 aliphatic rings. The van der Waals surface area contributed by atoms with Crippen LogP contribution < -0.4 is 9.47 Å². The maximum Gasteiger partial charge on any atom is 0.238 e. The first-order chi connectivity index (χ1) is 9.13. The van der Waals surface area contributed by atoms with Crippen LogP contribution in [-0.2, 0) is 6.61 Å². The van der Waals surface area contributed by atoms with Crippen molar-refractivity contribution in [3.8, 4) is 17.4 Å². The van der Waals surface area contributed by atoms with Crippen LogP contribution in [0.2, 0.25) is 5.02 Å². The third kappa shape index (κ3) is 3.16. The highest BCUT2D eigenvalue weighted by Gasteiger charge is 2.10. The number of rotatable bonds is 4. The maximum atomic E-state index is 9.00. The first-order valence-electron chi connectivity index (χ1n) is 5.72. The van der Waals surface area contributed by atoms with Crippen LogP contribution in [-0.4, -0.2) is 17.2 Å². The van der Waals surface area contributed by atoms with E-state index in [0.29, 0.717) is 22.1 Å². The molecule has 0 spiro atoms. The summed E-state index contributed by atoms with van der Waals surface area (Å²) in [6.07, 6.45) is 1.52. The number of hydrogen-bond acceptors (Lipinski definition) is 4. The summed E-state index contributed by atoms with van der Waals surface area (Å²) in [7, 11) is 1.57. The lowest BCUT2D eigenvalue weighted by molar-refractivity contribution is 0.281. The SMILES string of the molecule is COc1cc(C)ccc1Oc1ncc(CO)cc1Cl. The molecule has 0 radical (unpaired) electrons. The normalized spacial score (nSPS) is 10.3. The van der Waals surface area contributed by atoms with Crippen LogP contribution in [0.5, 0.6) is 17.4 Å². The third-order valence-electron chi connectivity index (χ3n) is 2.57. The van der Waals surface area contributed by atoms with Gasteiger partial charge in [0, 0.05) is 6.20 Å². The van der Waals surface area contributed by atoms with E-state index in [0.717, 1.165) is 5.56 Å². The van der Waals surface area contributed by atoms with Gasteiger partial charge in [-0.25, -0.2) is 4.98 Å². The molecule has 1 heterocycles. The number of benzene rings is 1. The largest absolute Gasteiger partial charge is 0.493 e. The lowest BCUT2D eigenvalue weighted by Gasteiger charge is -2.11. The van der Waals surface area contributed by atoms with Crippen LogP contribution in [0.25, 0.3) is 0 Å². The minimum atomic E-state index is -0.110. The number of aliphatic hydroxyl groups excluding tert-OH is 1. The van der Waals surface area contributed by atoms with Crippen molar-refractivity contribution in [1.82, 2.24) is 4.98 Å². The third-order valence-corrected chi connectivity index (χ3v) is 2.84. The number of halogens is 1. The molecule has 0 atom stereocenters. The summed E-state index contributed by atoms with van der Waals surface area (Å²) in [6, 6.07) is 7.19. The fraction of sp³-hybridized carbons (Fsp3) is 0.214. The number of methoxy groups -OCH3 is 1. The molecule has 1 N–H and O–H groups in total. The highest BCUT2D eigenvalue weighted by atomic mass is 35.5. The molecular weight excluding hydrogens is 266 g/mol. The van der Waals surface area contributed by atoms with Gasteiger partial charge in [0.2, 0.25) is 5.88 Å². The lowest BCUT2D eigenvalue weighted by Crippen LogP contribution is -1.94. The number of hydrogen-bond donors (Lipinski definition) is 1. The van der Waals surface area contributed by atoms with Gasteiger partial charge in [-0.3, -0.25) is 0 Å². The molecule has 4 nitrogen and oxygen atoms in total. The van der Waals surface area contributed by atoms with Gasteiger partial charge in [0.1, 0.15) is 5.02 Å². The summed E-state index contributed by atoms with van der Waals surface area (Å²) in [5.41, 5.74) is 1.70. The van der Waals surface area contributed by atoms with E-state index >= 15 is 0 Å². The summed E-state index contributed by atoms with van der Waals surface area (Å²) < 4.78 is 10.9. The van der Waals surface area contributed by atoms with Crippen molar-refractivity contribution >= 4 is 11.6 Å². The summed E-state index contributed by atoms with van der Waals surface area (Å²) >= 11 is 6.05. The summed E-state index contributed by atoms with van der Waals surface area (Å²) in [5.74, 6) is 1.43. The van der Waals surface area contributed by atoms with Gasteiger partial charge in [0.05, 0.1) is 13.7 Å². The minimum absolute atomic E-state index is 0.110. The molecule has 0 amide bonds. The molecule has 0 aliphatic carbocycles. The van der Waals surface area contributed by atoms with Crippen molar-refractivity contribution in [3.05, 3.63) is 46.6 Å². The van der Waals surface area contributed by atoms with Gasteiger partial charge < -0.3 is 14.6 Å². The Bertz CT molecular complexity index is 587. The van der Waals surface area contributed by atoms with E-state index < -0.39 is 0 Å². The van der Waals surface area contributed by atoms with Gasteiger partial charge in [-0.2, -0.15) is 0 Å². The van der Waals surface area contributed by atoms with Crippen LogP contribution in [0.15, 0.2) is 30.5 Å². The van der Waals surface area contributed by atoms with E-state index in [1.807, 2.05) is 19.1 Å². The lowest BCUT2D eigenvalue weighted by atomic mass is 10.2. The molecule has 0 saturated heterocycles. The van der Waals surface area contributed by atoms with Crippen molar-refractivity contribution in [2.24, 2.45) is 0 Å². The van der Waals surface area contributed by atoms with Gasteiger partial charge in [-0.1, -0.05) is 17.7 Å². The molecule has 1 aromatic heterocycles. The number of aromatic nitrogens is 1. The molecule has 0 aliphatic heterocycles. The van der Waals surface area contributed by atoms with Crippen LogP contribution in [0, 0.1) is 6.92 Å². The van der Waals surface area contributed by atoms with Crippen LogP contribution in [0.1, 0.15) is 11.1 Å². The Morgan fingerprint density at radius 2 is 2.05 bits per heavy atom. The van der Waals surface area contributed by atoms with Crippen molar-refractivity contribution in [2.45, 2.75) is 13.5 Å². The monoisotopic (exact) mass is 279 g/mol. The first-order valence-corrected chi connectivity index (χ1v) is 6.09. The molecule has 1 aromatic carbocycles. The first kappa shape index (κ1) is 13.6. The van der Waals surface area contributed by atoms with E-state index in [1.165, 1.54) is 6.20 Å². The summed E-state index contributed by atoms with van der Waals surface area (Å²) in [4.78, 5) is 4.07. The quantitative estimate of drug-likeness (QED) is 0.933. The number of pyridine rings is 1. The highest BCUT2D eigenvalue weighted by molar-refractivity contribution is 6.31. The Morgan fingerprint density at radius 3 is 2.68 bits per heavy atom. The van der Waals surface area contributed by atoms with Crippen LogP contribution in [0.4, 0.5) is 0 Å². The Hall–Kier alpha value is -1.78. The predicted molar refractivity (Wildman–Crippen MR) is 73.0 cm³/mol. The van der Waals surface area contributed by atoms with Gasteiger partial charge in [0.15, 0.2) is 11.5 Å². The Morgan fingerprint density at radius 1 is 1.26 bits per heavy atom. The summed E-state index contributed by atoms with van der Waals surface area (Å²) in [5, 5.41) is 9.34. The molecule has 0 saturated carbocycles. The van der Waals surface area contributed by atoms with E-state index in [2.05, 4.69) is 4.98 Å². The molecule has 2 rings (SSSR count). The zero-order valence-corrected chi connectivity index (χ0v) is 11.4. The fourth-order valence-corrected chi connectivity index (χ4v) is 1.82. The second-order valence-corrected chi connectivity index (χ2v) is 4.45. The molecule has 100 valence electrons. The van der Waals surface area contributed by atoms with Crippen molar-refractivity contribution in [2.75, 3.05) is 7.11 Å². The van der Waals surface area contributed by atoms with E-state index in [4.69, 9.17) is 26.2 Å².